The second-order valence-electron chi connectivity index (χ2n) is 4.57. The van der Waals surface area contributed by atoms with E-state index < -0.39 is 5.76 Å². The number of H-pyrrole nitrogens is 1. The van der Waals surface area contributed by atoms with Gasteiger partial charge in [-0.15, -0.1) is 0 Å². The predicted octanol–water partition coefficient (Wildman–Crippen LogP) is 1.85. The Bertz CT molecular complexity index is 644. The molecule has 0 aliphatic heterocycles. The van der Waals surface area contributed by atoms with Crippen molar-refractivity contribution in [2.75, 3.05) is 6.61 Å². The van der Waals surface area contributed by atoms with Gasteiger partial charge in [0.05, 0.1) is 12.1 Å². The SMILES string of the molecule is CCOC(=O)CCCC(N)c1ccc2[nH]c(=O)oc2c1. The summed E-state index contributed by atoms with van der Waals surface area (Å²) in [5, 5.41) is 0. The predicted molar refractivity (Wildman–Crippen MR) is 74.2 cm³/mol. The maximum absolute atomic E-state index is 11.2. The van der Waals surface area contributed by atoms with Crippen molar-refractivity contribution in [3.05, 3.63) is 34.3 Å². The second kappa shape index (κ2) is 6.38. The minimum absolute atomic E-state index is 0.200. The molecule has 1 aromatic heterocycles. The molecular formula is C14H18N2O4. The fourth-order valence-corrected chi connectivity index (χ4v) is 2.06. The first kappa shape index (κ1) is 14.3. The van der Waals surface area contributed by atoms with Gasteiger partial charge in [0.1, 0.15) is 0 Å². The number of benzene rings is 1. The number of rotatable bonds is 6. The molecule has 108 valence electrons. The standard InChI is InChI=1S/C14H18N2O4/c1-2-19-13(17)5-3-4-10(15)9-6-7-11-12(8-9)20-14(18)16-11/h6-8,10H,2-5,15H2,1H3,(H,16,18). The summed E-state index contributed by atoms with van der Waals surface area (Å²) in [5.74, 6) is -0.681. The Labute approximate surface area is 115 Å². The molecule has 6 heteroatoms. The van der Waals surface area contributed by atoms with Crippen LogP contribution >= 0.6 is 0 Å². The Hall–Kier alpha value is -2.08. The number of ether oxygens (including phenoxy) is 1. The molecule has 3 N–H and O–H groups in total. The van der Waals surface area contributed by atoms with Crippen molar-refractivity contribution >= 4 is 17.1 Å². The first-order chi connectivity index (χ1) is 9.60. The van der Waals surface area contributed by atoms with E-state index in [1.807, 2.05) is 6.07 Å². The molecule has 0 bridgehead atoms. The number of fused-ring (bicyclic) bond motifs is 1. The Morgan fingerprint density at radius 1 is 1.50 bits per heavy atom. The van der Waals surface area contributed by atoms with E-state index in [2.05, 4.69) is 4.98 Å². The summed E-state index contributed by atoms with van der Waals surface area (Å²) < 4.78 is 9.85. The van der Waals surface area contributed by atoms with E-state index in [0.29, 0.717) is 37.0 Å². The summed E-state index contributed by atoms with van der Waals surface area (Å²) in [6, 6.07) is 5.17. The Morgan fingerprint density at radius 2 is 2.30 bits per heavy atom. The molecule has 1 atom stereocenters. The Kier molecular flexibility index (Phi) is 4.57. The summed E-state index contributed by atoms with van der Waals surface area (Å²) in [6.45, 7) is 2.18. The van der Waals surface area contributed by atoms with Crippen LogP contribution in [0.2, 0.25) is 0 Å². The molecular weight excluding hydrogens is 260 g/mol. The van der Waals surface area contributed by atoms with E-state index >= 15 is 0 Å². The molecule has 0 radical (unpaired) electrons. The first-order valence-corrected chi connectivity index (χ1v) is 6.64. The Morgan fingerprint density at radius 3 is 3.05 bits per heavy atom. The fourth-order valence-electron chi connectivity index (χ4n) is 2.06. The van der Waals surface area contributed by atoms with Crippen molar-refractivity contribution in [2.45, 2.75) is 32.2 Å². The third-order valence-corrected chi connectivity index (χ3v) is 3.07. The number of carbonyl (C=O) groups is 1. The van der Waals surface area contributed by atoms with Crippen molar-refractivity contribution in [3.63, 3.8) is 0 Å². The molecule has 0 saturated carbocycles. The zero-order chi connectivity index (χ0) is 14.5. The third kappa shape index (κ3) is 3.48. The quantitative estimate of drug-likeness (QED) is 0.786. The van der Waals surface area contributed by atoms with Crippen molar-refractivity contribution in [2.24, 2.45) is 5.73 Å². The van der Waals surface area contributed by atoms with E-state index in [-0.39, 0.29) is 12.0 Å². The summed E-state index contributed by atoms with van der Waals surface area (Å²) >= 11 is 0. The van der Waals surface area contributed by atoms with E-state index in [9.17, 15) is 9.59 Å². The molecule has 1 heterocycles. The van der Waals surface area contributed by atoms with Gasteiger partial charge in [0.2, 0.25) is 0 Å². The molecule has 0 aliphatic carbocycles. The van der Waals surface area contributed by atoms with Crippen LogP contribution in [0.3, 0.4) is 0 Å². The zero-order valence-electron chi connectivity index (χ0n) is 11.3. The highest BCUT2D eigenvalue weighted by Gasteiger charge is 2.10. The van der Waals surface area contributed by atoms with E-state index in [1.165, 1.54) is 0 Å². The highest BCUT2D eigenvalue weighted by Crippen LogP contribution is 2.20. The molecule has 1 unspecified atom stereocenters. The lowest BCUT2D eigenvalue weighted by atomic mass is 10.0. The van der Waals surface area contributed by atoms with Crippen molar-refractivity contribution in [1.82, 2.24) is 4.98 Å². The van der Waals surface area contributed by atoms with E-state index in [1.54, 1.807) is 19.1 Å². The average molecular weight is 278 g/mol. The molecule has 2 rings (SSSR count). The number of aromatic nitrogens is 1. The van der Waals surface area contributed by atoms with Crippen molar-refractivity contribution in [1.29, 1.82) is 0 Å². The van der Waals surface area contributed by atoms with Crippen LogP contribution in [0.15, 0.2) is 27.4 Å². The zero-order valence-corrected chi connectivity index (χ0v) is 11.3. The molecule has 6 nitrogen and oxygen atoms in total. The van der Waals surface area contributed by atoms with Crippen molar-refractivity contribution < 1.29 is 13.9 Å². The monoisotopic (exact) mass is 278 g/mol. The second-order valence-corrected chi connectivity index (χ2v) is 4.57. The van der Waals surface area contributed by atoms with Gasteiger partial charge in [0, 0.05) is 12.5 Å². The maximum atomic E-state index is 11.2. The fraction of sp³-hybridized carbons (Fsp3) is 0.429. The van der Waals surface area contributed by atoms with Gasteiger partial charge in [-0.25, -0.2) is 4.79 Å². The summed E-state index contributed by atoms with van der Waals surface area (Å²) in [5.41, 5.74) is 8.09. The molecule has 0 spiro atoms. The normalized spacial score (nSPS) is 12.5. The van der Waals surface area contributed by atoms with Gasteiger partial charge in [0.25, 0.3) is 0 Å². The molecule has 0 saturated heterocycles. The van der Waals surface area contributed by atoms with Gasteiger partial charge >= 0.3 is 11.7 Å². The third-order valence-electron chi connectivity index (χ3n) is 3.07. The highest BCUT2D eigenvalue weighted by atomic mass is 16.5. The number of oxazole rings is 1. The molecule has 0 aliphatic rings. The maximum Gasteiger partial charge on any atom is 0.417 e. The van der Waals surface area contributed by atoms with Gasteiger partial charge in [0.15, 0.2) is 5.58 Å². The number of nitrogens with two attached hydrogens (primary N) is 1. The van der Waals surface area contributed by atoms with Crippen LogP contribution in [0, 0.1) is 0 Å². The minimum Gasteiger partial charge on any atom is -0.466 e. The molecule has 20 heavy (non-hydrogen) atoms. The van der Waals surface area contributed by atoms with Gasteiger partial charge in [-0.2, -0.15) is 0 Å². The lowest BCUT2D eigenvalue weighted by molar-refractivity contribution is -0.143. The number of hydrogen-bond acceptors (Lipinski definition) is 5. The average Bonchev–Trinajstić information content (AvgIpc) is 2.77. The van der Waals surface area contributed by atoms with Crippen LogP contribution < -0.4 is 11.5 Å². The van der Waals surface area contributed by atoms with Crippen LogP contribution in [0.25, 0.3) is 11.1 Å². The van der Waals surface area contributed by atoms with Crippen LogP contribution in [-0.2, 0) is 9.53 Å². The van der Waals surface area contributed by atoms with Gasteiger partial charge in [-0.05, 0) is 37.5 Å². The van der Waals surface area contributed by atoms with E-state index in [4.69, 9.17) is 14.9 Å². The highest BCUT2D eigenvalue weighted by molar-refractivity contribution is 5.73. The summed E-state index contributed by atoms with van der Waals surface area (Å²) in [7, 11) is 0. The minimum atomic E-state index is -0.479. The van der Waals surface area contributed by atoms with Crippen LogP contribution in [-0.4, -0.2) is 17.6 Å². The van der Waals surface area contributed by atoms with E-state index in [0.717, 1.165) is 5.56 Å². The Balaban J connectivity index is 1.95. The lowest BCUT2D eigenvalue weighted by Gasteiger charge is -2.11. The molecule has 0 amide bonds. The van der Waals surface area contributed by atoms with Gasteiger partial charge in [-0.3, -0.25) is 9.78 Å². The van der Waals surface area contributed by atoms with Gasteiger partial charge in [-0.1, -0.05) is 6.07 Å². The number of esters is 1. The largest absolute Gasteiger partial charge is 0.466 e. The number of hydrogen-bond donors (Lipinski definition) is 2. The first-order valence-electron chi connectivity index (χ1n) is 6.64. The lowest BCUT2D eigenvalue weighted by Crippen LogP contribution is -2.11. The summed E-state index contributed by atoms with van der Waals surface area (Å²) in [4.78, 5) is 24.9. The smallest absolute Gasteiger partial charge is 0.417 e. The number of nitrogens with one attached hydrogen (secondary N) is 1. The van der Waals surface area contributed by atoms with Crippen LogP contribution in [0.1, 0.15) is 37.8 Å². The number of aromatic amines is 1. The molecule has 0 fully saturated rings. The molecule has 2 aromatic rings. The topological polar surface area (TPSA) is 98.3 Å². The summed E-state index contributed by atoms with van der Waals surface area (Å²) in [6.07, 6.45) is 1.69. The number of carbonyl (C=O) groups excluding carboxylic acids is 1. The van der Waals surface area contributed by atoms with Gasteiger partial charge < -0.3 is 14.9 Å². The van der Waals surface area contributed by atoms with Crippen LogP contribution in [0.4, 0.5) is 0 Å². The van der Waals surface area contributed by atoms with Crippen LogP contribution in [0.5, 0.6) is 0 Å². The molecule has 1 aromatic carbocycles. The van der Waals surface area contributed by atoms with Crippen molar-refractivity contribution in [3.8, 4) is 0 Å².